The largest absolute Gasteiger partial charge is 0.361 e. The first-order chi connectivity index (χ1) is 14.6. The van der Waals surface area contributed by atoms with Crippen molar-refractivity contribution in [3.8, 4) is 0 Å². The quantitative estimate of drug-likeness (QED) is 0.395. The van der Waals surface area contributed by atoms with Gasteiger partial charge in [0, 0.05) is 54.4 Å². The van der Waals surface area contributed by atoms with Gasteiger partial charge in [0.2, 0.25) is 5.91 Å². The molecule has 1 atom stereocenters. The highest BCUT2D eigenvalue weighted by atomic mass is 16.6. The van der Waals surface area contributed by atoms with Gasteiger partial charge in [-0.1, -0.05) is 30.3 Å². The van der Waals surface area contributed by atoms with Crippen LogP contribution in [0.15, 0.2) is 54.7 Å². The summed E-state index contributed by atoms with van der Waals surface area (Å²) in [6.07, 6.45) is 4.69. The molecule has 1 aromatic heterocycles. The van der Waals surface area contributed by atoms with E-state index in [4.69, 9.17) is 0 Å². The monoisotopic (exact) mass is 407 g/mol. The minimum Gasteiger partial charge on any atom is -0.361 e. The molecule has 0 aliphatic carbocycles. The maximum Gasteiger partial charge on any atom is 0.269 e. The number of quaternary nitrogens is 1. The molecule has 4 rings (SSSR count). The molecule has 1 amide bonds. The Morgan fingerprint density at radius 3 is 2.77 bits per heavy atom. The number of hydrogen-bond acceptors (Lipinski definition) is 3. The third-order valence-electron chi connectivity index (χ3n) is 5.98. The molecule has 3 N–H and O–H groups in total. The summed E-state index contributed by atoms with van der Waals surface area (Å²) in [5, 5.41) is 15.4. The van der Waals surface area contributed by atoms with Crippen molar-refractivity contribution in [2.45, 2.75) is 25.2 Å². The summed E-state index contributed by atoms with van der Waals surface area (Å²) >= 11 is 0. The normalized spacial score (nSPS) is 15.3. The fourth-order valence-corrected chi connectivity index (χ4v) is 4.41. The predicted octanol–water partition coefficient (Wildman–Crippen LogP) is 2.39. The minimum atomic E-state index is -0.394. The zero-order chi connectivity index (χ0) is 20.9. The minimum absolute atomic E-state index is 0.0321. The number of rotatable bonds is 8. The SMILES string of the molecule is O=C(C[C@H](c1cccc([N+](=O)[O-])c1)c1c[nH]c2ccccc12)NCC[NH+]1CCCC1. The highest BCUT2D eigenvalue weighted by Gasteiger charge is 2.23. The third kappa shape index (κ3) is 4.52. The Morgan fingerprint density at radius 1 is 1.17 bits per heavy atom. The van der Waals surface area contributed by atoms with Gasteiger partial charge in [-0.3, -0.25) is 14.9 Å². The van der Waals surface area contributed by atoms with E-state index in [9.17, 15) is 14.9 Å². The molecule has 0 unspecified atom stereocenters. The van der Waals surface area contributed by atoms with Crippen LogP contribution in [0.4, 0.5) is 5.69 Å². The molecule has 7 nitrogen and oxygen atoms in total. The Hall–Kier alpha value is -3.19. The van der Waals surface area contributed by atoms with Crippen molar-refractivity contribution in [2.75, 3.05) is 26.2 Å². The van der Waals surface area contributed by atoms with Crippen LogP contribution in [-0.4, -0.2) is 42.0 Å². The van der Waals surface area contributed by atoms with Crippen molar-refractivity contribution in [3.05, 3.63) is 76.0 Å². The van der Waals surface area contributed by atoms with Gasteiger partial charge in [-0.05, 0) is 17.2 Å². The highest BCUT2D eigenvalue weighted by molar-refractivity contribution is 5.86. The molecular formula is C23H27N4O3+. The summed E-state index contributed by atoms with van der Waals surface area (Å²) in [5.74, 6) is -0.296. The standard InChI is InChI=1S/C23H26N4O3/c28-23(24-10-13-26-11-3-4-12-26)15-20(17-6-5-7-18(14-17)27(29)30)21-16-25-22-9-2-1-8-19(21)22/h1-2,5-9,14,16,20,25H,3-4,10-13,15H2,(H,24,28)/p+1/t20-/m1/s1. The van der Waals surface area contributed by atoms with Crippen LogP contribution in [0.5, 0.6) is 0 Å². The summed E-state index contributed by atoms with van der Waals surface area (Å²) in [7, 11) is 0. The number of nitrogens with zero attached hydrogens (tertiary/aromatic N) is 1. The molecule has 2 heterocycles. The molecule has 1 aliphatic heterocycles. The van der Waals surface area contributed by atoms with Crippen LogP contribution in [0.25, 0.3) is 10.9 Å². The van der Waals surface area contributed by atoms with E-state index < -0.39 is 4.92 Å². The second-order valence-electron chi connectivity index (χ2n) is 7.96. The molecule has 30 heavy (non-hydrogen) atoms. The van der Waals surface area contributed by atoms with E-state index in [-0.39, 0.29) is 23.9 Å². The molecule has 1 saturated heterocycles. The molecule has 0 saturated carbocycles. The number of likely N-dealkylation sites (tertiary alicyclic amines) is 1. The zero-order valence-electron chi connectivity index (χ0n) is 16.9. The number of hydrogen-bond donors (Lipinski definition) is 3. The lowest BCUT2D eigenvalue weighted by atomic mass is 9.87. The highest BCUT2D eigenvalue weighted by Crippen LogP contribution is 2.34. The Bertz CT molecular complexity index is 1040. The third-order valence-corrected chi connectivity index (χ3v) is 5.98. The van der Waals surface area contributed by atoms with Gasteiger partial charge in [0.1, 0.15) is 0 Å². The van der Waals surface area contributed by atoms with Gasteiger partial charge >= 0.3 is 0 Å². The van der Waals surface area contributed by atoms with Crippen LogP contribution in [0.3, 0.4) is 0 Å². The van der Waals surface area contributed by atoms with Crippen LogP contribution in [0.2, 0.25) is 0 Å². The number of non-ortho nitro benzene ring substituents is 1. The summed E-state index contributed by atoms with van der Waals surface area (Å²) in [5.41, 5.74) is 2.78. The van der Waals surface area contributed by atoms with E-state index in [0.717, 1.165) is 28.6 Å². The molecular weight excluding hydrogens is 380 g/mol. The van der Waals surface area contributed by atoms with Crippen LogP contribution < -0.4 is 10.2 Å². The molecule has 7 heteroatoms. The van der Waals surface area contributed by atoms with Gasteiger partial charge in [0.25, 0.3) is 5.69 Å². The number of para-hydroxylation sites is 1. The Kier molecular flexibility index (Phi) is 6.09. The first kappa shape index (κ1) is 20.1. The van der Waals surface area contributed by atoms with Gasteiger partial charge in [0.15, 0.2) is 0 Å². The lowest BCUT2D eigenvalue weighted by Crippen LogP contribution is -3.10. The average Bonchev–Trinajstić information content (AvgIpc) is 3.42. The van der Waals surface area contributed by atoms with Crippen molar-refractivity contribution in [3.63, 3.8) is 0 Å². The summed E-state index contributed by atoms with van der Waals surface area (Å²) < 4.78 is 0. The summed E-state index contributed by atoms with van der Waals surface area (Å²) in [6.45, 7) is 3.97. The fraction of sp³-hybridized carbons (Fsp3) is 0.348. The number of carbonyl (C=O) groups excluding carboxylic acids is 1. The maximum atomic E-state index is 12.8. The van der Waals surface area contributed by atoms with Crippen LogP contribution in [0, 0.1) is 10.1 Å². The summed E-state index contributed by atoms with van der Waals surface area (Å²) in [4.78, 5) is 28.5. The van der Waals surface area contributed by atoms with Gasteiger partial charge in [-0.2, -0.15) is 0 Å². The fourth-order valence-electron chi connectivity index (χ4n) is 4.41. The van der Waals surface area contributed by atoms with Crippen molar-refractivity contribution in [2.24, 2.45) is 0 Å². The molecule has 2 aromatic carbocycles. The zero-order valence-corrected chi connectivity index (χ0v) is 16.9. The maximum absolute atomic E-state index is 12.8. The van der Waals surface area contributed by atoms with E-state index in [1.165, 1.54) is 32.0 Å². The molecule has 1 aliphatic rings. The number of carbonyl (C=O) groups is 1. The number of benzene rings is 2. The van der Waals surface area contributed by atoms with Crippen molar-refractivity contribution in [1.82, 2.24) is 10.3 Å². The molecule has 0 bridgehead atoms. The number of aromatic amines is 1. The Labute approximate surface area is 175 Å². The van der Waals surface area contributed by atoms with E-state index in [2.05, 4.69) is 10.3 Å². The number of H-pyrrole nitrogens is 1. The van der Waals surface area contributed by atoms with E-state index in [1.807, 2.05) is 36.5 Å². The average molecular weight is 407 g/mol. The Balaban J connectivity index is 1.56. The van der Waals surface area contributed by atoms with Crippen LogP contribution in [0.1, 0.15) is 36.3 Å². The van der Waals surface area contributed by atoms with Crippen LogP contribution >= 0.6 is 0 Å². The predicted molar refractivity (Wildman–Crippen MR) is 116 cm³/mol. The van der Waals surface area contributed by atoms with Crippen LogP contribution in [-0.2, 0) is 4.79 Å². The topological polar surface area (TPSA) is 92.5 Å². The second kappa shape index (κ2) is 9.09. The van der Waals surface area contributed by atoms with Crippen molar-refractivity contribution < 1.29 is 14.6 Å². The van der Waals surface area contributed by atoms with Crippen molar-refractivity contribution in [1.29, 1.82) is 0 Å². The van der Waals surface area contributed by atoms with Gasteiger partial charge < -0.3 is 15.2 Å². The van der Waals surface area contributed by atoms with E-state index >= 15 is 0 Å². The molecule has 0 radical (unpaired) electrons. The molecule has 1 fully saturated rings. The molecule has 156 valence electrons. The first-order valence-electron chi connectivity index (χ1n) is 10.5. The van der Waals surface area contributed by atoms with E-state index in [1.54, 1.807) is 17.0 Å². The second-order valence-corrected chi connectivity index (χ2v) is 7.96. The smallest absolute Gasteiger partial charge is 0.269 e. The number of amides is 1. The van der Waals surface area contributed by atoms with Gasteiger partial charge in [-0.15, -0.1) is 0 Å². The number of aromatic nitrogens is 1. The lowest BCUT2D eigenvalue weighted by molar-refractivity contribution is -0.886. The number of fused-ring (bicyclic) bond motifs is 1. The van der Waals surface area contributed by atoms with Gasteiger partial charge in [0.05, 0.1) is 31.1 Å². The molecule has 0 spiro atoms. The Morgan fingerprint density at radius 2 is 1.97 bits per heavy atom. The lowest BCUT2D eigenvalue weighted by Gasteiger charge is -2.18. The number of nitrogens with one attached hydrogen (secondary N) is 3. The first-order valence-corrected chi connectivity index (χ1v) is 10.5. The van der Waals surface area contributed by atoms with E-state index in [0.29, 0.717) is 6.54 Å². The van der Waals surface area contributed by atoms with Crippen molar-refractivity contribution >= 4 is 22.5 Å². The number of nitro groups is 1. The summed E-state index contributed by atoms with van der Waals surface area (Å²) in [6, 6.07) is 14.5. The molecule has 3 aromatic rings. The number of nitro benzene ring substituents is 1. The van der Waals surface area contributed by atoms with Gasteiger partial charge in [-0.25, -0.2) is 0 Å².